The topological polar surface area (TPSA) is 137 Å². The van der Waals surface area contributed by atoms with Gasteiger partial charge in [-0.3, -0.25) is 0 Å². The average Bonchev–Trinajstić information content (AvgIpc) is 2.36. The average molecular weight is 232 g/mol. The third-order valence-corrected chi connectivity index (χ3v) is 0.693. The van der Waals surface area contributed by atoms with Gasteiger partial charge in [0.1, 0.15) is 0 Å². The van der Waals surface area contributed by atoms with Crippen molar-refractivity contribution in [2.75, 3.05) is 14.1 Å². The summed E-state index contributed by atoms with van der Waals surface area (Å²) in [4.78, 5) is 22.0. The second kappa shape index (κ2) is 22.9. The molecule has 0 fully saturated rings. The molecule has 0 aromatic carbocycles. The lowest BCUT2D eigenvalue weighted by molar-refractivity contribution is 0.246. The number of nitrogens with two attached hydrogens (primary N) is 1. The van der Waals surface area contributed by atoms with Gasteiger partial charge >= 0.3 is 6.03 Å². The van der Waals surface area contributed by atoms with E-state index in [1.165, 1.54) is 20.2 Å². The number of rotatable bonds is 1. The van der Waals surface area contributed by atoms with Gasteiger partial charge in [0.05, 0.1) is 12.5 Å². The molecule has 0 aliphatic heterocycles. The Morgan fingerprint density at radius 2 is 1.88 bits per heavy atom. The highest BCUT2D eigenvalue weighted by Crippen LogP contribution is 1.60. The second-order valence-corrected chi connectivity index (χ2v) is 1.70. The highest BCUT2D eigenvalue weighted by molar-refractivity contribution is 5.74. The van der Waals surface area contributed by atoms with Crippen LogP contribution in [0.15, 0.2) is 29.9 Å². The summed E-state index contributed by atoms with van der Waals surface area (Å²) >= 11 is 0. The van der Waals surface area contributed by atoms with Gasteiger partial charge in [-0.1, -0.05) is 0 Å². The fourth-order valence-electron chi connectivity index (χ4n) is 0.185. The molecule has 0 spiro atoms. The maximum Gasteiger partial charge on any atom is 0.318 e. The van der Waals surface area contributed by atoms with Crippen molar-refractivity contribution in [3.63, 3.8) is 0 Å². The summed E-state index contributed by atoms with van der Waals surface area (Å²) < 4.78 is 0. The SMILES string of the molecule is CN=C=O.CNC(=O)N/C=C\O.N/C=C\O. The molecule has 0 aliphatic carbocycles. The van der Waals surface area contributed by atoms with Gasteiger partial charge in [0, 0.05) is 26.5 Å². The molecular formula is C8H16N4O4. The van der Waals surface area contributed by atoms with Crippen molar-refractivity contribution in [3.05, 3.63) is 24.9 Å². The predicted molar refractivity (Wildman–Crippen MR) is 59.4 cm³/mol. The van der Waals surface area contributed by atoms with Crippen LogP contribution in [0.4, 0.5) is 4.79 Å². The Hall–Kier alpha value is -2.47. The molecule has 2 amide bonds. The highest BCUT2D eigenvalue weighted by atomic mass is 16.2. The molecule has 0 aliphatic rings. The Morgan fingerprint density at radius 3 is 2.06 bits per heavy atom. The summed E-state index contributed by atoms with van der Waals surface area (Å²) in [6.07, 6.45) is 5.01. The van der Waals surface area contributed by atoms with Crippen LogP contribution >= 0.6 is 0 Å². The minimum absolute atomic E-state index is 0.352. The molecule has 0 aromatic rings. The summed E-state index contributed by atoms with van der Waals surface area (Å²) in [5.41, 5.74) is 4.60. The van der Waals surface area contributed by atoms with E-state index in [0.29, 0.717) is 0 Å². The van der Waals surface area contributed by atoms with Gasteiger partial charge in [0.15, 0.2) is 0 Å². The van der Waals surface area contributed by atoms with E-state index in [2.05, 4.69) is 21.4 Å². The van der Waals surface area contributed by atoms with Crippen molar-refractivity contribution in [2.45, 2.75) is 0 Å². The number of aliphatic hydroxyl groups excluding tert-OH is 2. The summed E-state index contributed by atoms with van der Waals surface area (Å²) in [5, 5.41) is 20.0. The van der Waals surface area contributed by atoms with Crippen LogP contribution in [-0.4, -0.2) is 36.4 Å². The molecular weight excluding hydrogens is 216 g/mol. The summed E-state index contributed by atoms with van der Waals surface area (Å²) in [6.45, 7) is 0. The zero-order valence-electron chi connectivity index (χ0n) is 9.04. The van der Waals surface area contributed by atoms with Crippen LogP contribution in [0.25, 0.3) is 0 Å². The number of nitrogens with one attached hydrogen (secondary N) is 2. The maximum absolute atomic E-state index is 10.2. The molecule has 0 heterocycles. The van der Waals surface area contributed by atoms with Crippen molar-refractivity contribution >= 4 is 12.1 Å². The number of hydrogen-bond acceptors (Lipinski definition) is 6. The molecule has 0 saturated heterocycles. The molecule has 0 radical (unpaired) electrons. The van der Waals surface area contributed by atoms with Gasteiger partial charge in [0.25, 0.3) is 0 Å². The molecule has 0 bridgehead atoms. The molecule has 16 heavy (non-hydrogen) atoms. The van der Waals surface area contributed by atoms with Crippen molar-refractivity contribution < 1.29 is 19.8 Å². The Balaban J connectivity index is -0.000000179. The number of aliphatic imine (C=N–C) groups is 1. The normalized spacial score (nSPS) is 7.88. The summed E-state index contributed by atoms with van der Waals surface area (Å²) in [5.74, 6) is 0. The number of aliphatic hydroxyl groups is 2. The molecule has 92 valence electrons. The van der Waals surface area contributed by atoms with Crippen LogP contribution in [-0.2, 0) is 4.79 Å². The van der Waals surface area contributed by atoms with E-state index in [0.717, 1.165) is 24.9 Å². The number of nitrogens with zero attached hydrogens (tertiary/aromatic N) is 1. The number of urea groups is 1. The standard InChI is InChI=1S/C4H8N2O2.C2H3NO.C2H5NO/c1-5-4(8)6-2-3-7;1-3-2-4;3-1-2-4/h2-3,7H,1H3,(H2,5,6,8);1H3;1-2,4H,3H2/b3-2-;;2-1-. The van der Waals surface area contributed by atoms with Crippen LogP contribution in [0.5, 0.6) is 0 Å². The van der Waals surface area contributed by atoms with Gasteiger partial charge in [-0.15, -0.1) is 0 Å². The van der Waals surface area contributed by atoms with Crippen LogP contribution < -0.4 is 16.4 Å². The van der Waals surface area contributed by atoms with Gasteiger partial charge in [0.2, 0.25) is 6.08 Å². The maximum atomic E-state index is 10.2. The first kappa shape index (κ1) is 19.2. The molecule has 8 nitrogen and oxygen atoms in total. The molecule has 0 aromatic heterocycles. The van der Waals surface area contributed by atoms with E-state index in [9.17, 15) is 4.79 Å². The molecule has 0 saturated carbocycles. The number of hydrogen-bond donors (Lipinski definition) is 5. The first-order valence-corrected chi connectivity index (χ1v) is 3.88. The Morgan fingerprint density at radius 1 is 1.44 bits per heavy atom. The predicted octanol–water partition coefficient (Wildman–Crippen LogP) is -0.129. The van der Waals surface area contributed by atoms with E-state index in [4.69, 9.17) is 15.0 Å². The van der Waals surface area contributed by atoms with Gasteiger partial charge in [-0.2, -0.15) is 0 Å². The van der Waals surface area contributed by atoms with Crippen LogP contribution in [0.3, 0.4) is 0 Å². The molecule has 0 unspecified atom stereocenters. The third kappa shape index (κ3) is 41.8. The van der Waals surface area contributed by atoms with Crippen LogP contribution in [0, 0.1) is 0 Å². The number of amides is 2. The fraction of sp³-hybridized carbons (Fsp3) is 0.250. The molecule has 6 N–H and O–H groups in total. The van der Waals surface area contributed by atoms with E-state index in [-0.39, 0.29) is 6.03 Å². The summed E-state index contributed by atoms with van der Waals surface area (Å²) in [6, 6.07) is -0.352. The lowest BCUT2D eigenvalue weighted by Crippen LogP contribution is -2.28. The van der Waals surface area contributed by atoms with Crippen LogP contribution in [0.1, 0.15) is 0 Å². The van der Waals surface area contributed by atoms with Gasteiger partial charge in [-0.25, -0.2) is 14.6 Å². The third-order valence-electron chi connectivity index (χ3n) is 0.693. The van der Waals surface area contributed by atoms with E-state index in [1.807, 2.05) is 0 Å². The summed E-state index contributed by atoms with van der Waals surface area (Å²) in [7, 11) is 2.87. The van der Waals surface area contributed by atoms with Gasteiger partial charge in [-0.05, 0) is 0 Å². The van der Waals surface area contributed by atoms with E-state index < -0.39 is 0 Å². The van der Waals surface area contributed by atoms with Gasteiger partial charge < -0.3 is 26.6 Å². The highest BCUT2D eigenvalue weighted by Gasteiger charge is 1.85. The Kier molecular flexibility index (Phi) is 27.4. The first-order valence-electron chi connectivity index (χ1n) is 3.88. The zero-order chi connectivity index (χ0) is 13.2. The smallest absolute Gasteiger partial charge is 0.318 e. The second-order valence-electron chi connectivity index (χ2n) is 1.70. The van der Waals surface area contributed by atoms with E-state index >= 15 is 0 Å². The van der Waals surface area contributed by atoms with E-state index in [1.54, 1.807) is 0 Å². The molecule has 0 atom stereocenters. The monoisotopic (exact) mass is 232 g/mol. The van der Waals surface area contributed by atoms with Crippen molar-refractivity contribution in [3.8, 4) is 0 Å². The lowest BCUT2D eigenvalue weighted by atomic mass is 10.9. The quantitative estimate of drug-likeness (QED) is 0.243. The number of isocyanates is 1. The van der Waals surface area contributed by atoms with Crippen LogP contribution in [0.2, 0.25) is 0 Å². The number of carbonyl (C=O) groups is 1. The van der Waals surface area contributed by atoms with Crippen molar-refractivity contribution in [1.82, 2.24) is 10.6 Å². The Bertz CT molecular complexity index is 242. The number of carbonyl (C=O) groups excluding carboxylic acids is 2. The lowest BCUT2D eigenvalue weighted by Gasteiger charge is -1.93. The van der Waals surface area contributed by atoms with Crippen molar-refractivity contribution in [1.29, 1.82) is 0 Å². The largest absolute Gasteiger partial charge is 0.514 e. The molecule has 8 heteroatoms. The minimum Gasteiger partial charge on any atom is -0.514 e. The zero-order valence-corrected chi connectivity index (χ0v) is 9.04. The first-order chi connectivity index (χ1) is 7.64. The van der Waals surface area contributed by atoms with Crippen molar-refractivity contribution in [2.24, 2.45) is 10.7 Å². The fourth-order valence-corrected chi connectivity index (χ4v) is 0.185. The Labute approximate surface area is 93.2 Å². The molecule has 0 rings (SSSR count). The minimum atomic E-state index is -0.352.